The third kappa shape index (κ3) is 2.70. The van der Waals surface area contributed by atoms with Gasteiger partial charge in [0.05, 0.1) is 11.0 Å². The average Bonchev–Trinajstić information content (AvgIpc) is 2.80. The molecule has 18 heavy (non-hydrogen) atoms. The zero-order chi connectivity index (χ0) is 13.8. The van der Waals surface area contributed by atoms with Gasteiger partial charge in [-0.15, -0.1) is 11.3 Å². The van der Waals surface area contributed by atoms with Crippen LogP contribution in [0.4, 0.5) is 5.00 Å². The molecule has 1 aromatic heterocycles. The van der Waals surface area contributed by atoms with E-state index in [2.05, 4.69) is 5.32 Å². The van der Waals surface area contributed by atoms with Crippen molar-refractivity contribution in [3.05, 3.63) is 17.0 Å². The normalized spacial score (nSPS) is 11.3. The van der Waals surface area contributed by atoms with E-state index >= 15 is 0 Å². The zero-order valence-electron chi connectivity index (χ0n) is 10.7. The average molecular weight is 269 g/mol. The third-order valence-electron chi connectivity index (χ3n) is 3.38. The van der Waals surface area contributed by atoms with Crippen LogP contribution in [0.2, 0.25) is 0 Å². The van der Waals surface area contributed by atoms with Crippen molar-refractivity contribution in [2.24, 2.45) is 16.9 Å². The number of hydrogen-bond acceptors (Lipinski definition) is 4. The Kier molecular flexibility index (Phi) is 4.86. The molecule has 1 heterocycles. The fourth-order valence-corrected chi connectivity index (χ4v) is 2.58. The maximum atomic E-state index is 12.3. The molecule has 0 radical (unpaired) electrons. The highest BCUT2D eigenvalue weighted by Gasteiger charge is 2.34. The first-order valence-corrected chi connectivity index (χ1v) is 6.77. The Morgan fingerprint density at radius 3 is 2.44 bits per heavy atom. The molecule has 1 rings (SSSR count). The third-order valence-corrected chi connectivity index (χ3v) is 4.21. The van der Waals surface area contributed by atoms with Crippen molar-refractivity contribution in [3.63, 3.8) is 0 Å². The van der Waals surface area contributed by atoms with Crippen LogP contribution < -0.4 is 16.8 Å². The quantitative estimate of drug-likeness (QED) is 0.730. The van der Waals surface area contributed by atoms with Crippen LogP contribution in [0, 0.1) is 5.41 Å². The van der Waals surface area contributed by atoms with E-state index in [0.29, 0.717) is 23.4 Å². The Hall–Kier alpha value is -1.40. The van der Waals surface area contributed by atoms with Crippen LogP contribution in [0.5, 0.6) is 0 Å². The van der Waals surface area contributed by atoms with Gasteiger partial charge in [0.1, 0.15) is 5.00 Å². The molecule has 0 bridgehead atoms. The number of carbonyl (C=O) groups is 2. The highest BCUT2D eigenvalue weighted by molar-refractivity contribution is 7.14. The summed E-state index contributed by atoms with van der Waals surface area (Å²) in [5.74, 6) is -0.696. The zero-order valence-corrected chi connectivity index (χ0v) is 11.5. The van der Waals surface area contributed by atoms with Crippen molar-refractivity contribution < 1.29 is 9.59 Å². The monoisotopic (exact) mass is 269 g/mol. The van der Waals surface area contributed by atoms with Crippen LogP contribution in [0.25, 0.3) is 0 Å². The van der Waals surface area contributed by atoms with E-state index in [0.717, 1.165) is 0 Å². The van der Waals surface area contributed by atoms with Gasteiger partial charge in [0.2, 0.25) is 5.91 Å². The smallest absolute Gasteiger partial charge is 0.251 e. The van der Waals surface area contributed by atoms with E-state index in [1.54, 1.807) is 11.4 Å². The topological polar surface area (TPSA) is 98.2 Å². The van der Waals surface area contributed by atoms with Crippen LogP contribution in [0.15, 0.2) is 11.4 Å². The van der Waals surface area contributed by atoms with E-state index in [-0.39, 0.29) is 12.5 Å². The lowest BCUT2D eigenvalue weighted by atomic mass is 9.81. The molecule has 0 saturated heterocycles. The standard InChI is InChI=1S/C12H19N3O2S/c1-3-12(4-2,7-13)11(17)15-10-8(9(14)16)5-6-18-10/h5-6H,3-4,7,13H2,1-2H3,(H2,14,16)(H,15,17). The van der Waals surface area contributed by atoms with Crippen molar-refractivity contribution in [2.75, 3.05) is 11.9 Å². The second kappa shape index (κ2) is 5.97. The van der Waals surface area contributed by atoms with Crippen LogP contribution in [-0.2, 0) is 4.79 Å². The summed E-state index contributed by atoms with van der Waals surface area (Å²) in [6.45, 7) is 4.14. The van der Waals surface area contributed by atoms with Gasteiger partial charge in [-0.3, -0.25) is 9.59 Å². The molecule has 0 aliphatic heterocycles. The molecule has 0 atom stereocenters. The lowest BCUT2D eigenvalue weighted by Crippen LogP contribution is -2.41. The molecule has 0 spiro atoms. The second-order valence-electron chi connectivity index (χ2n) is 4.17. The van der Waals surface area contributed by atoms with Crippen LogP contribution in [-0.4, -0.2) is 18.4 Å². The molecule has 0 saturated carbocycles. The van der Waals surface area contributed by atoms with Crippen molar-refractivity contribution in [2.45, 2.75) is 26.7 Å². The maximum Gasteiger partial charge on any atom is 0.251 e. The molecule has 0 aliphatic rings. The number of carbonyl (C=O) groups excluding carboxylic acids is 2. The summed E-state index contributed by atoms with van der Waals surface area (Å²) in [6.07, 6.45) is 1.31. The van der Waals surface area contributed by atoms with Crippen molar-refractivity contribution in [1.29, 1.82) is 0 Å². The first-order valence-electron chi connectivity index (χ1n) is 5.89. The molecule has 5 N–H and O–H groups in total. The number of hydrogen-bond donors (Lipinski definition) is 3. The molecule has 0 aliphatic carbocycles. The highest BCUT2D eigenvalue weighted by Crippen LogP contribution is 2.29. The molecule has 6 heteroatoms. The highest BCUT2D eigenvalue weighted by atomic mass is 32.1. The van der Waals surface area contributed by atoms with Crippen molar-refractivity contribution in [3.8, 4) is 0 Å². The van der Waals surface area contributed by atoms with E-state index in [1.165, 1.54) is 11.3 Å². The summed E-state index contributed by atoms with van der Waals surface area (Å²) < 4.78 is 0. The van der Waals surface area contributed by atoms with Crippen molar-refractivity contribution >= 4 is 28.2 Å². The van der Waals surface area contributed by atoms with E-state index in [4.69, 9.17) is 11.5 Å². The summed E-state index contributed by atoms with van der Waals surface area (Å²) in [5, 5.41) is 4.98. The number of anilines is 1. The second-order valence-corrected chi connectivity index (χ2v) is 5.09. The van der Waals surface area contributed by atoms with Gasteiger partial charge in [-0.05, 0) is 24.3 Å². The van der Waals surface area contributed by atoms with Crippen molar-refractivity contribution in [1.82, 2.24) is 0 Å². The molecule has 0 fully saturated rings. The summed E-state index contributed by atoms with van der Waals surface area (Å²) >= 11 is 1.28. The largest absolute Gasteiger partial charge is 0.366 e. The number of rotatable bonds is 6. The number of primary amides is 1. The van der Waals surface area contributed by atoms with Gasteiger partial charge in [0, 0.05) is 6.54 Å². The summed E-state index contributed by atoms with van der Waals surface area (Å²) in [5.41, 5.74) is 10.7. The molecular weight excluding hydrogens is 250 g/mol. The summed E-state index contributed by atoms with van der Waals surface area (Å²) in [7, 11) is 0. The van der Waals surface area contributed by atoms with Gasteiger partial charge in [0.25, 0.3) is 5.91 Å². The van der Waals surface area contributed by atoms with E-state index in [1.807, 2.05) is 13.8 Å². The van der Waals surface area contributed by atoms with Gasteiger partial charge < -0.3 is 16.8 Å². The molecule has 100 valence electrons. The number of nitrogens with one attached hydrogen (secondary N) is 1. The van der Waals surface area contributed by atoms with Gasteiger partial charge in [0.15, 0.2) is 0 Å². The minimum atomic E-state index is -0.584. The van der Waals surface area contributed by atoms with Gasteiger partial charge in [-0.1, -0.05) is 13.8 Å². The first-order chi connectivity index (χ1) is 8.50. The SMILES string of the molecule is CCC(CC)(CN)C(=O)Nc1sccc1C(N)=O. The van der Waals surface area contributed by atoms with Crippen LogP contribution >= 0.6 is 11.3 Å². The molecular formula is C12H19N3O2S. The van der Waals surface area contributed by atoms with Gasteiger partial charge >= 0.3 is 0 Å². The number of nitrogens with two attached hydrogens (primary N) is 2. The summed E-state index contributed by atoms with van der Waals surface area (Å²) in [4.78, 5) is 23.4. The minimum Gasteiger partial charge on any atom is -0.366 e. The number of thiophene rings is 1. The Morgan fingerprint density at radius 1 is 1.39 bits per heavy atom. The number of amides is 2. The molecule has 0 unspecified atom stereocenters. The van der Waals surface area contributed by atoms with Crippen LogP contribution in [0.3, 0.4) is 0 Å². The first kappa shape index (κ1) is 14.7. The molecule has 2 amide bonds. The lowest BCUT2D eigenvalue weighted by molar-refractivity contribution is -0.125. The Bertz CT molecular complexity index is 430. The molecule has 1 aromatic rings. The fraction of sp³-hybridized carbons (Fsp3) is 0.500. The lowest BCUT2D eigenvalue weighted by Gasteiger charge is -2.28. The Morgan fingerprint density at radius 2 is 2.00 bits per heavy atom. The Labute approximate surface area is 111 Å². The fourth-order valence-electron chi connectivity index (χ4n) is 1.79. The van der Waals surface area contributed by atoms with Crippen LogP contribution in [0.1, 0.15) is 37.0 Å². The molecule has 5 nitrogen and oxygen atoms in total. The van der Waals surface area contributed by atoms with Gasteiger partial charge in [-0.2, -0.15) is 0 Å². The minimum absolute atomic E-state index is 0.153. The predicted octanol–water partition coefficient (Wildman–Crippen LogP) is 1.55. The van der Waals surface area contributed by atoms with Gasteiger partial charge in [-0.25, -0.2) is 0 Å². The molecule has 0 aromatic carbocycles. The summed E-state index contributed by atoms with van der Waals surface area (Å²) in [6, 6.07) is 1.60. The van der Waals surface area contributed by atoms with E-state index < -0.39 is 11.3 Å². The van der Waals surface area contributed by atoms with E-state index in [9.17, 15) is 9.59 Å². The predicted molar refractivity (Wildman–Crippen MR) is 73.5 cm³/mol. The maximum absolute atomic E-state index is 12.3. The Balaban J connectivity index is 2.93.